The van der Waals surface area contributed by atoms with Crippen LogP contribution >= 0.6 is 0 Å². The molecule has 0 radical (unpaired) electrons. The Hall–Kier alpha value is -4.13. The average molecular weight is 472 g/mol. The van der Waals surface area contributed by atoms with Crippen molar-refractivity contribution in [3.05, 3.63) is 94.0 Å². The molecule has 1 aromatic heterocycles. The van der Waals surface area contributed by atoms with Crippen molar-refractivity contribution in [2.45, 2.75) is 33.6 Å². The van der Waals surface area contributed by atoms with Gasteiger partial charge in [0.05, 0.1) is 42.7 Å². The van der Waals surface area contributed by atoms with Crippen molar-refractivity contribution in [2.24, 2.45) is 0 Å². The summed E-state index contributed by atoms with van der Waals surface area (Å²) in [4.78, 5) is 26.1. The van der Waals surface area contributed by atoms with Crippen LogP contribution in [0.25, 0.3) is 16.9 Å². The summed E-state index contributed by atoms with van der Waals surface area (Å²) >= 11 is 0. The van der Waals surface area contributed by atoms with Crippen molar-refractivity contribution >= 4 is 11.9 Å². The second-order valence-corrected chi connectivity index (χ2v) is 8.65. The van der Waals surface area contributed by atoms with Gasteiger partial charge in [-0.1, -0.05) is 35.9 Å². The molecule has 0 saturated carbocycles. The van der Waals surface area contributed by atoms with E-state index < -0.39 is 17.9 Å². The maximum Gasteiger partial charge on any atom is 0.336 e. The Kier molecular flexibility index (Phi) is 6.60. The fraction of sp³-hybridized carbons (Fsp3) is 0.250. The van der Waals surface area contributed by atoms with E-state index in [1.165, 1.54) is 14.2 Å². The maximum absolute atomic E-state index is 13.0. The molecule has 2 heterocycles. The number of ether oxygens (including phenoxy) is 2. The SMILES string of the molecule is COC(=O)C1=C(C)NC(C)=C(C(=O)OC)C1c1cn(-c2ccccc2)nc1-c1cc(C)ccc1C. The highest BCUT2D eigenvalue weighted by Gasteiger charge is 2.40. The van der Waals surface area contributed by atoms with Crippen LogP contribution in [0.5, 0.6) is 0 Å². The molecule has 3 aromatic rings. The minimum Gasteiger partial charge on any atom is -0.466 e. The van der Waals surface area contributed by atoms with E-state index in [1.54, 1.807) is 18.5 Å². The predicted octanol–water partition coefficient (Wildman–Crippen LogP) is 4.74. The normalized spacial score (nSPS) is 14.1. The highest BCUT2D eigenvalue weighted by Crippen LogP contribution is 2.43. The Morgan fingerprint density at radius 2 is 1.49 bits per heavy atom. The number of nitrogens with zero attached hydrogens (tertiary/aromatic N) is 2. The number of rotatable bonds is 5. The van der Waals surface area contributed by atoms with E-state index in [2.05, 4.69) is 11.4 Å². The Morgan fingerprint density at radius 3 is 2.06 bits per heavy atom. The molecule has 0 bridgehead atoms. The molecule has 180 valence electrons. The van der Waals surface area contributed by atoms with E-state index in [-0.39, 0.29) is 0 Å². The number of hydrogen-bond acceptors (Lipinski definition) is 6. The first-order valence-electron chi connectivity index (χ1n) is 11.3. The third-order valence-corrected chi connectivity index (χ3v) is 6.29. The van der Waals surface area contributed by atoms with Gasteiger partial charge in [0, 0.05) is 28.7 Å². The first-order chi connectivity index (χ1) is 16.8. The van der Waals surface area contributed by atoms with E-state index in [0.717, 1.165) is 22.4 Å². The fourth-order valence-electron chi connectivity index (χ4n) is 4.58. The van der Waals surface area contributed by atoms with Crippen LogP contribution in [-0.4, -0.2) is 35.9 Å². The molecule has 0 unspecified atom stereocenters. The number of methoxy groups -OCH3 is 2. The Morgan fingerprint density at radius 1 is 0.886 bits per heavy atom. The van der Waals surface area contributed by atoms with E-state index in [4.69, 9.17) is 14.6 Å². The van der Waals surface area contributed by atoms with Crippen LogP contribution in [0.1, 0.15) is 36.5 Å². The van der Waals surface area contributed by atoms with Crippen molar-refractivity contribution in [3.63, 3.8) is 0 Å². The highest BCUT2D eigenvalue weighted by molar-refractivity contribution is 6.00. The highest BCUT2D eigenvalue weighted by atomic mass is 16.5. The molecule has 0 saturated heterocycles. The van der Waals surface area contributed by atoms with Crippen LogP contribution in [0.2, 0.25) is 0 Å². The number of benzene rings is 2. The van der Waals surface area contributed by atoms with Crippen molar-refractivity contribution < 1.29 is 19.1 Å². The molecular weight excluding hydrogens is 442 g/mol. The van der Waals surface area contributed by atoms with Gasteiger partial charge in [0.2, 0.25) is 0 Å². The number of nitrogens with one attached hydrogen (secondary N) is 1. The molecule has 2 aromatic carbocycles. The summed E-state index contributed by atoms with van der Waals surface area (Å²) in [5, 5.41) is 8.12. The number of allylic oxidation sites excluding steroid dienone is 2. The summed E-state index contributed by atoms with van der Waals surface area (Å²) in [6, 6.07) is 15.9. The summed E-state index contributed by atoms with van der Waals surface area (Å²) in [7, 11) is 2.67. The van der Waals surface area contributed by atoms with Crippen LogP contribution in [-0.2, 0) is 19.1 Å². The second kappa shape index (κ2) is 9.62. The van der Waals surface area contributed by atoms with Gasteiger partial charge in [-0.25, -0.2) is 14.3 Å². The minimum atomic E-state index is -0.733. The number of hydrogen-bond donors (Lipinski definition) is 1. The lowest BCUT2D eigenvalue weighted by Crippen LogP contribution is -2.32. The topological polar surface area (TPSA) is 82.5 Å². The molecule has 1 N–H and O–H groups in total. The number of esters is 2. The molecule has 0 amide bonds. The molecule has 1 aliphatic heterocycles. The summed E-state index contributed by atoms with van der Waals surface area (Å²) < 4.78 is 12.1. The second-order valence-electron chi connectivity index (χ2n) is 8.65. The third kappa shape index (κ3) is 4.37. The Balaban J connectivity index is 2.07. The first-order valence-corrected chi connectivity index (χ1v) is 11.3. The lowest BCUT2D eigenvalue weighted by Gasteiger charge is -2.29. The van der Waals surface area contributed by atoms with Crippen LogP contribution in [0.4, 0.5) is 0 Å². The zero-order valence-corrected chi connectivity index (χ0v) is 20.8. The molecule has 7 heteroatoms. The standard InChI is InChI=1S/C28H29N3O4/c1-16-12-13-17(2)21(14-16)26-22(15-31(30-26)20-10-8-7-9-11-20)25-23(27(32)34-5)18(3)29-19(4)24(25)28(33)35-6/h7-15,25,29H,1-6H3. The van der Waals surface area contributed by atoms with Gasteiger partial charge in [-0.2, -0.15) is 5.10 Å². The number of aryl methyl sites for hydroxylation is 2. The monoisotopic (exact) mass is 471 g/mol. The van der Waals surface area contributed by atoms with Crippen LogP contribution < -0.4 is 5.32 Å². The number of carbonyl (C=O) groups excluding carboxylic acids is 2. The van der Waals surface area contributed by atoms with E-state index in [0.29, 0.717) is 33.8 Å². The van der Waals surface area contributed by atoms with Gasteiger partial charge < -0.3 is 14.8 Å². The van der Waals surface area contributed by atoms with Crippen molar-refractivity contribution in [1.29, 1.82) is 0 Å². The maximum atomic E-state index is 13.0. The van der Waals surface area contributed by atoms with Crippen molar-refractivity contribution in [2.75, 3.05) is 14.2 Å². The molecule has 4 rings (SSSR count). The lowest BCUT2D eigenvalue weighted by atomic mass is 9.79. The predicted molar refractivity (Wildman–Crippen MR) is 134 cm³/mol. The van der Waals surface area contributed by atoms with Crippen LogP contribution in [0.3, 0.4) is 0 Å². The molecule has 0 fully saturated rings. The zero-order valence-electron chi connectivity index (χ0n) is 20.8. The Labute approximate surface area is 205 Å². The molecule has 0 atom stereocenters. The van der Waals surface area contributed by atoms with Crippen LogP contribution in [0.15, 0.2) is 77.3 Å². The van der Waals surface area contributed by atoms with Gasteiger partial charge in [0.15, 0.2) is 0 Å². The largest absolute Gasteiger partial charge is 0.466 e. The van der Waals surface area contributed by atoms with Crippen molar-refractivity contribution in [1.82, 2.24) is 15.1 Å². The zero-order chi connectivity index (χ0) is 25.3. The summed E-state index contributed by atoms with van der Waals surface area (Å²) in [6.07, 6.45) is 1.88. The van der Waals surface area contributed by atoms with Gasteiger partial charge in [-0.05, 0) is 51.5 Å². The molecule has 35 heavy (non-hydrogen) atoms. The molecular formula is C28H29N3O4. The van der Waals surface area contributed by atoms with E-state index >= 15 is 0 Å². The number of aromatic nitrogens is 2. The van der Waals surface area contributed by atoms with Gasteiger partial charge >= 0.3 is 11.9 Å². The summed E-state index contributed by atoms with van der Waals surface area (Å²) in [6.45, 7) is 7.65. The average Bonchev–Trinajstić information content (AvgIpc) is 3.29. The minimum absolute atomic E-state index is 0.345. The summed E-state index contributed by atoms with van der Waals surface area (Å²) in [5.74, 6) is -1.77. The smallest absolute Gasteiger partial charge is 0.336 e. The number of dihydropyridines is 1. The first kappa shape index (κ1) is 24.0. The fourth-order valence-corrected chi connectivity index (χ4v) is 4.58. The molecule has 1 aliphatic rings. The number of carbonyl (C=O) groups is 2. The van der Waals surface area contributed by atoms with Gasteiger partial charge in [-0.15, -0.1) is 0 Å². The molecule has 0 spiro atoms. The van der Waals surface area contributed by atoms with Crippen molar-refractivity contribution in [3.8, 4) is 16.9 Å². The number of para-hydroxylation sites is 1. The third-order valence-electron chi connectivity index (χ3n) is 6.29. The van der Waals surface area contributed by atoms with Crippen LogP contribution in [0, 0.1) is 13.8 Å². The van der Waals surface area contributed by atoms with E-state index in [9.17, 15) is 9.59 Å². The quantitative estimate of drug-likeness (QED) is 0.542. The van der Waals surface area contributed by atoms with Gasteiger partial charge in [0.1, 0.15) is 0 Å². The lowest BCUT2D eigenvalue weighted by molar-refractivity contribution is -0.137. The molecule has 0 aliphatic carbocycles. The van der Waals surface area contributed by atoms with Gasteiger partial charge in [-0.3, -0.25) is 0 Å². The summed E-state index contributed by atoms with van der Waals surface area (Å²) in [5.41, 5.74) is 7.22. The molecule has 7 nitrogen and oxygen atoms in total. The Bertz CT molecular complexity index is 1330. The van der Waals surface area contributed by atoms with E-state index in [1.807, 2.05) is 62.5 Å². The van der Waals surface area contributed by atoms with Gasteiger partial charge in [0.25, 0.3) is 0 Å².